The minimum atomic E-state index is -1.02. The molecule has 0 radical (unpaired) electrons. The van der Waals surface area contributed by atoms with Crippen LogP contribution in [0, 0.1) is 0 Å². The van der Waals surface area contributed by atoms with Crippen LogP contribution in [0.1, 0.15) is 34.9 Å². The van der Waals surface area contributed by atoms with E-state index in [2.05, 4.69) is 5.32 Å². The van der Waals surface area contributed by atoms with E-state index in [1.54, 1.807) is 42.5 Å². The molecule has 2 aromatic rings. The molecular weight excluding hydrogens is 334 g/mol. The Morgan fingerprint density at radius 1 is 1.04 bits per heavy atom. The van der Waals surface area contributed by atoms with Crippen LogP contribution in [0.4, 0.5) is 0 Å². The van der Waals surface area contributed by atoms with Gasteiger partial charge in [-0.3, -0.25) is 4.79 Å². The summed E-state index contributed by atoms with van der Waals surface area (Å²) in [6.07, 6.45) is 0.886. The van der Waals surface area contributed by atoms with Crippen LogP contribution in [0.25, 0.3) is 0 Å². The molecule has 0 saturated heterocycles. The summed E-state index contributed by atoms with van der Waals surface area (Å²) in [6, 6.07) is 13.9. The van der Waals surface area contributed by atoms with Gasteiger partial charge < -0.3 is 19.5 Å². The molecule has 3 rings (SSSR count). The fourth-order valence-electron chi connectivity index (χ4n) is 2.54. The number of methoxy groups -OCH3 is 2. The molecule has 0 aliphatic heterocycles. The number of carbonyl (C=O) groups is 2. The summed E-state index contributed by atoms with van der Waals surface area (Å²) in [4.78, 5) is 25.3. The summed E-state index contributed by atoms with van der Waals surface area (Å²) in [5.41, 5.74) is 0.847. The van der Waals surface area contributed by atoms with Crippen LogP contribution in [-0.2, 0) is 9.53 Å². The fraction of sp³-hybridized carbons (Fsp3) is 0.300. The Bertz CT molecular complexity index is 786. The zero-order valence-electron chi connectivity index (χ0n) is 14.7. The van der Waals surface area contributed by atoms with Crippen LogP contribution >= 0.6 is 0 Å². The van der Waals surface area contributed by atoms with E-state index in [0.717, 1.165) is 12.8 Å². The number of benzene rings is 2. The minimum Gasteiger partial charge on any atom is -0.497 e. The predicted octanol–water partition coefficient (Wildman–Crippen LogP) is 2.88. The first-order valence-corrected chi connectivity index (χ1v) is 8.40. The smallest absolute Gasteiger partial charge is 0.343 e. The predicted molar refractivity (Wildman–Crippen MR) is 95.3 cm³/mol. The third kappa shape index (κ3) is 4.14. The second-order valence-corrected chi connectivity index (χ2v) is 6.05. The van der Waals surface area contributed by atoms with Crippen molar-refractivity contribution in [1.82, 2.24) is 5.32 Å². The Balaban J connectivity index is 1.84. The number of amides is 1. The molecule has 0 unspecified atom stereocenters. The first-order chi connectivity index (χ1) is 12.6. The maximum Gasteiger partial charge on any atom is 0.343 e. The molecule has 136 valence electrons. The SMILES string of the molecule is COc1ccc(C(=O)O[C@H](C(=O)NC2CC2)c2ccccc2)c(OC)c1. The van der Waals surface area contributed by atoms with Gasteiger partial charge in [0.15, 0.2) is 0 Å². The summed E-state index contributed by atoms with van der Waals surface area (Å²) in [5, 5.41) is 2.89. The topological polar surface area (TPSA) is 73.9 Å². The molecule has 1 N–H and O–H groups in total. The molecule has 6 nitrogen and oxygen atoms in total. The van der Waals surface area contributed by atoms with Gasteiger partial charge in [-0.05, 0) is 25.0 Å². The zero-order valence-corrected chi connectivity index (χ0v) is 14.7. The molecular formula is C20H21NO5. The molecule has 2 aromatic carbocycles. The Kier molecular flexibility index (Phi) is 5.41. The van der Waals surface area contributed by atoms with E-state index in [9.17, 15) is 9.59 Å². The summed E-state index contributed by atoms with van der Waals surface area (Å²) < 4.78 is 15.9. The molecule has 0 spiro atoms. The normalized spacial score (nSPS) is 14.2. The highest BCUT2D eigenvalue weighted by Gasteiger charge is 2.31. The number of hydrogen-bond acceptors (Lipinski definition) is 5. The first-order valence-electron chi connectivity index (χ1n) is 8.40. The van der Waals surface area contributed by atoms with Crippen molar-refractivity contribution >= 4 is 11.9 Å². The lowest BCUT2D eigenvalue weighted by molar-refractivity contribution is -0.130. The molecule has 6 heteroatoms. The molecule has 26 heavy (non-hydrogen) atoms. The number of nitrogens with one attached hydrogen (secondary N) is 1. The molecule has 1 aliphatic carbocycles. The van der Waals surface area contributed by atoms with Gasteiger partial charge in [0.2, 0.25) is 6.10 Å². The second-order valence-electron chi connectivity index (χ2n) is 6.05. The van der Waals surface area contributed by atoms with Crippen molar-refractivity contribution in [3.63, 3.8) is 0 Å². The van der Waals surface area contributed by atoms with Crippen molar-refractivity contribution in [2.24, 2.45) is 0 Å². The van der Waals surface area contributed by atoms with Crippen molar-refractivity contribution in [3.05, 3.63) is 59.7 Å². The summed E-state index contributed by atoms with van der Waals surface area (Å²) >= 11 is 0. The van der Waals surface area contributed by atoms with Gasteiger partial charge in [0, 0.05) is 17.7 Å². The maximum atomic E-state index is 12.7. The monoisotopic (exact) mass is 355 g/mol. The van der Waals surface area contributed by atoms with Gasteiger partial charge in [-0.1, -0.05) is 30.3 Å². The Morgan fingerprint density at radius 3 is 2.38 bits per heavy atom. The van der Waals surface area contributed by atoms with E-state index >= 15 is 0 Å². The van der Waals surface area contributed by atoms with Crippen molar-refractivity contribution in [2.75, 3.05) is 14.2 Å². The molecule has 1 amide bonds. The lowest BCUT2D eigenvalue weighted by atomic mass is 10.1. The molecule has 1 atom stereocenters. The van der Waals surface area contributed by atoms with Gasteiger partial charge in [0.25, 0.3) is 5.91 Å². The first kappa shape index (κ1) is 17.8. The van der Waals surface area contributed by atoms with Crippen molar-refractivity contribution in [1.29, 1.82) is 0 Å². The molecule has 0 heterocycles. The average molecular weight is 355 g/mol. The number of hydrogen-bond donors (Lipinski definition) is 1. The van der Waals surface area contributed by atoms with E-state index in [1.165, 1.54) is 14.2 Å². The van der Waals surface area contributed by atoms with Crippen LogP contribution in [0.5, 0.6) is 11.5 Å². The van der Waals surface area contributed by atoms with Gasteiger partial charge in [0.1, 0.15) is 17.1 Å². The fourth-order valence-corrected chi connectivity index (χ4v) is 2.54. The lowest BCUT2D eigenvalue weighted by Gasteiger charge is -2.19. The highest BCUT2D eigenvalue weighted by atomic mass is 16.6. The Hall–Kier alpha value is -3.02. The molecule has 1 aliphatic rings. The quantitative estimate of drug-likeness (QED) is 0.773. The summed E-state index contributed by atoms with van der Waals surface area (Å²) in [5.74, 6) is -0.0721. The van der Waals surface area contributed by atoms with Crippen LogP contribution in [0.2, 0.25) is 0 Å². The molecule has 1 fully saturated rings. The second kappa shape index (κ2) is 7.91. The van der Waals surface area contributed by atoms with Gasteiger partial charge >= 0.3 is 5.97 Å². The minimum absolute atomic E-state index is 0.169. The van der Waals surface area contributed by atoms with Crippen molar-refractivity contribution < 1.29 is 23.8 Å². The molecule has 0 aromatic heterocycles. The van der Waals surface area contributed by atoms with E-state index in [-0.39, 0.29) is 17.5 Å². The lowest BCUT2D eigenvalue weighted by Crippen LogP contribution is -2.33. The number of rotatable bonds is 7. The van der Waals surface area contributed by atoms with Crippen molar-refractivity contribution in [3.8, 4) is 11.5 Å². The third-order valence-electron chi connectivity index (χ3n) is 4.12. The molecule has 0 bridgehead atoms. The van der Waals surface area contributed by atoms with E-state index in [4.69, 9.17) is 14.2 Å². The number of ether oxygens (including phenoxy) is 3. The Morgan fingerprint density at radius 2 is 1.77 bits per heavy atom. The standard InChI is InChI=1S/C20H21NO5/c1-24-15-10-11-16(17(12-15)25-2)20(23)26-18(13-6-4-3-5-7-13)19(22)21-14-8-9-14/h3-7,10-12,14,18H,8-9H2,1-2H3,(H,21,22)/t18-/m0/s1. The van der Waals surface area contributed by atoms with E-state index in [1.807, 2.05) is 6.07 Å². The average Bonchev–Trinajstić information content (AvgIpc) is 3.49. The highest BCUT2D eigenvalue weighted by molar-refractivity contribution is 5.95. The number of carbonyl (C=O) groups excluding carboxylic acids is 2. The van der Waals surface area contributed by atoms with Crippen LogP contribution in [0.3, 0.4) is 0 Å². The third-order valence-corrected chi connectivity index (χ3v) is 4.12. The summed E-state index contributed by atoms with van der Waals surface area (Å²) in [7, 11) is 2.99. The highest BCUT2D eigenvalue weighted by Crippen LogP contribution is 2.28. The van der Waals surface area contributed by atoms with E-state index < -0.39 is 12.1 Å². The van der Waals surface area contributed by atoms with Gasteiger partial charge in [-0.25, -0.2) is 4.79 Å². The largest absolute Gasteiger partial charge is 0.497 e. The Labute approximate surface area is 152 Å². The van der Waals surface area contributed by atoms with E-state index in [0.29, 0.717) is 17.1 Å². The van der Waals surface area contributed by atoms with Gasteiger partial charge in [0.05, 0.1) is 14.2 Å². The maximum absolute atomic E-state index is 12.7. The number of esters is 1. The zero-order chi connectivity index (χ0) is 18.5. The van der Waals surface area contributed by atoms with Crippen LogP contribution in [0.15, 0.2) is 48.5 Å². The molecule has 1 saturated carbocycles. The van der Waals surface area contributed by atoms with Gasteiger partial charge in [-0.15, -0.1) is 0 Å². The van der Waals surface area contributed by atoms with Crippen LogP contribution < -0.4 is 14.8 Å². The van der Waals surface area contributed by atoms with Gasteiger partial charge in [-0.2, -0.15) is 0 Å². The van der Waals surface area contributed by atoms with Crippen LogP contribution in [-0.4, -0.2) is 32.1 Å². The van der Waals surface area contributed by atoms with Crippen molar-refractivity contribution in [2.45, 2.75) is 25.0 Å². The summed E-state index contributed by atoms with van der Waals surface area (Å²) in [6.45, 7) is 0.